The fraction of sp³-hybridized carbons (Fsp3) is 0.667. The molecule has 0 radical (unpaired) electrons. The number of aliphatic hydroxyl groups is 1. The number of alkyl halides is 1. The average molecular weight is 135 g/mol. The van der Waals surface area contributed by atoms with Crippen molar-refractivity contribution in [2.45, 2.75) is 24.8 Å². The van der Waals surface area contributed by atoms with Crippen LogP contribution in [0.3, 0.4) is 0 Å². The summed E-state index contributed by atoms with van der Waals surface area (Å²) in [5.74, 6) is 0. The zero-order valence-corrected chi connectivity index (χ0v) is 5.94. The molecule has 0 bridgehead atoms. The lowest BCUT2D eigenvalue weighted by atomic mass is 10.0. The zero-order chi connectivity index (χ0) is 6.78. The largest absolute Gasteiger partial charge is 0.385 e. The Balaban J connectivity index is 3.90. The summed E-state index contributed by atoms with van der Waals surface area (Å²) in [5.41, 5.74) is -0.929. The molecule has 0 saturated carbocycles. The molecule has 8 heavy (non-hydrogen) atoms. The second-order valence-electron chi connectivity index (χ2n) is 2.05. The summed E-state index contributed by atoms with van der Waals surface area (Å²) in [6, 6.07) is 0. The summed E-state index contributed by atoms with van der Waals surface area (Å²) in [6.07, 6.45) is 1.44. The standard InChI is InChI=1S/C6H11ClO/c1-4-6(3,8)5(2)7/h4-5,8H,1H2,2-3H3/t5-,6+/m0/s1. The normalized spacial score (nSPS) is 21.5. The number of halogens is 1. The Labute approximate surface area is 55.0 Å². The second-order valence-corrected chi connectivity index (χ2v) is 2.70. The van der Waals surface area contributed by atoms with Crippen molar-refractivity contribution in [3.8, 4) is 0 Å². The summed E-state index contributed by atoms with van der Waals surface area (Å²) in [5, 5.41) is 8.87. The van der Waals surface area contributed by atoms with E-state index in [9.17, 15) is 0 Å². The maximum Gasteiger partial charge on any atom is 0.0957 e. The highest BCUT2D eigenvalue weighted by molar-refractivity contribution is 6.21. The number of hydrogen-bond donors (Lipinski definition) is 1. The third-order valence-corrected chi connectivity index (χ3v) is 1.66. The highest BCUT2D eigenvalue weighted by Crippen LogP contribution is 2.15. The molecule has 48 valence electrons. The van der Waals surface area contributed by atoms with Crippen LogP contribution in [0.15, 0.2) is 12.7 Å². The van der Waals surface area contributed by atoms with Crippen LogP contribution in [-0.4, -0.2) is 16.1 Å². The van der Waals surface area contributed by atoms with Crippen molar-refractivity contribution in [2.24, 2.45) is 0 Å². The third-order valence-electron chi connectivity index (χ3n) is 1.22. The van der Waals surface area contributed by atoms with Gasteiger partial charge in [0.1, 0.15) is 0 Å². The smallest absolute Gasteiger partial charge is 0.0957 e. The summed E-state index contributed by atoms with van der Waals surface area (Å²) in [6.45, 7) is 6.77. The lowest BCUT2D eigenvalue weighted by molar-refractivity contribution is 0.112. The van der Waals surface area contributed by atoms with Crippen LogP contribution in [0.1, 0.15) is 13.8 Å². The van der Waals surface area contributed by atoms with E-state index in [4.69, 9.17) is 16.7 Å². The summed E-state index contributed by atoms with van der Waals surface area (Å²) < 4.78 is 0. The van der Waals surface area contributed by atoms with E-state index < -0.39 is 5.60 Å². The minimum absolute atomic E-state index is 0.278. The topological polar surface area (TPSA) is 20.2 Å². The Kier molecular flexibility index (Phi) is 2.51. The molecule has 0 spiro atoms. The molecule has 0 aromatic rings. The molecule has 0 aliphatic heterocycles. The van der Waals surface area contributed by atoms with Gasteiger partial charge in [-0.05, 0) is 13.8 Å². The molecule has 0 saturated heterocycles. The highest BCUT2D eigenvalue weighted by atomic mass is 35.5. The van der Waals surface area contributed by atoms with Gasteiger partial charge in [-0.2, -0.15) is 0 Å². The van der Waals surface area contributed by atoms with Gasteiger partial charge in [-0.25, -0.2) is 0 Å². The maximum atomic E-state index is 9.15. The van der Waals surface area contributed by atoms with Crippen LogP contribution in [0.25, 0.3) is 0 Å². The first-order chi connectivity index (χ1) is 3.50. The Morgan fingerprint density at radius 3 is 2.25 bits per heavy atom. The molecule has 1 N–H and O–H groups in total. The van der Waals surface area contributed by atoms with Crippen molar-refractivity contribution in [2.75, 3.05) is 0 Å². The predicted molar refractivity (Wildman–Crippen MR) is 36.1 cm³/mol. The fourth-order valence-electron chi connectivity index (χ4n) is 0.162. The van der Waals surface area contributed by atoms with E-state index in [1.54, 1.807) is 13.8 Å². The van der Waals surface area contributed by atoms with Crippen LogP contribution >= 0.6 is 11.6 Å². The predicted octanol–water partition coefficient (Wildman–Crippen LogP) is 1.55. The van der Waals surface area contributed by atoms with Crippen molar-refractivity contribution in [1.82, 2.24) is 0 Å². The summed E-state index contributed by atoms with van der Waals surface area (Å²) in [4.78, 5) is 0. The second kappa shape index (κ2) is 2.51. The molecule has 0 unspecified atom stereocenters. The first-order valence-corrected chi connectivity index (χ1v) is 2.94. The van der Waals surface area contributed by atoms with Gasteiger partial charge in [0.2, 0.25) is 0 Å². The molecule has 1 nitrogen and oxygen atoms in total. The molecule has 0 heterocycles. The average Bonchev–Trinajstić information content (AvgIpc) is 1.67. The molecule has 0 aliphatic rings. The Morgan fingerprint density at radius 1 is 1.88 bits per heavy atom. The van der Waals surface area contributed by atoms with Gasteiger partial charge >= 0.3 is 0 Å². The van der Waals surface area contributed by atoms with E-state index in [-0.39, 0.29) is 5.38 Å². The van der Waals surface area contributed by atoms with E-state index in [1.807, 2.05) is 0 Å². The highest BCUT2D eigenvalue weighted by Gasteiger charge is 2.21. The van der Waals surface area contributed by atoms with Crippen LogP contribution < -0.4 is 0 Å². The van der Waals surface area contributed by atoms with Gasteiger partial charge in [0, 0.05) is 0 Å². The van der Waals surface area contributed by atoms with Crippen molar-refractivity contribution < 1.29 is 5.11 Å². The fourth-order valence-corrected chi connectivity index (χ4v) is 0.251. The van der Waals surface area contributed by atoms with Gasteiger partial charge < -0.3 is 5.11 Å². The number of rotatable bonds is 2. The van der Waals surface area contributed by atoms with Crippen molar-refractivity contribution in [1.29, 1.82) is 0 Å². The van der Waals surface area contributed by atoms with Gasteiger partial charge in [0.05, 0.1) is 11.0 Å². The van der Waals surface area contributed by atoms with E-state index in [1.165, 1.54) is 6.08 Å². The first-order valence-electron chi connectivity index (χ1n) is 2.50. The lowest BCUT2D eigenvalue weighted by Crippen LogP contribution is -2.30. The van der Waals surface area contributed by atoms with Gasteiger partial charge in [-0.3, -0.25) is 0 Å². The molecule has 0 aliphatic carbocycles. The van der Waals surface area contributed by atoms with Crippen LogP contribution in [0.5, 0.6) is 0 Å². The van der Waals surface area contributed by atoms with Crippen LogP contribution in [0, 0.1) is 0 Å². The van der Waals surface area contributed by atoms with Gasteiger partial charge in [0.15, 0.2) is 0 Å². The Hall–Kier alpha value is -0.0100. The van der Waals surface area contributed by atoms with Crippen molar-refractivity contribution in [3.05, 3.63) is 12.7 Å². The molecular weight excluding hydrogens is 124 g/mol. The van der Waals surface area contributed by atoms with Crippen molar-refractivity contribution >= 4 is 11.6 Å². The molecule has 2 atom stereocenters. The summed E-state index contributed by atoms with van der Waals surface area (Å²) >= 11 is 5.55. The Bertz CT molecular complexity index is 86.5. The number of hydrogen-bond acceptors (Lipinski definition) is 1. The molecule has 0 fully saturated rings. The van der Waals surface area contributed by atoms with E-state index in [2.05, 4.69) is 6.58 Å². The SMILES string of the molecule is C=C[C@@](C)(O)[C@H](C)Cl. The molecule has 0 rings (SSSR count). The van der Waals surface area contributed by atoms with Crippen molar-refractivity contribution in [3.63, 3.8) is 0 Å². The molecule has 0 aromatic heterocycles. The van der Waals surface area contributed by atoms with Gasteiger partial charge in [-0.1, -0.05) is 6.08 Å². The lowest BCUT2D eigenvalue weighted by Gasteiger charge is -2.20. The van der Waals surface area contributed by atoms with Gasteiger partial charge in [-0.15, -0.1) is 18.2 Å². The van der Waals surface area contributed by atoms with Crippen LogP contribution in [-0.2, 0) is 0 Å². The third kappa shape index (κ3) is 1.85. The molecular formula is C6H11ClO. The Morgan fingerprint density at radius 2 is 2.25 bits per heavy atom. The first kappa shape index (κ1) is 7.99. The van der Waals surface area contributed by atoms with Crippen LogP contribution in [0.2, 0.25) is 0 Å². The molecule has 0 amide bonds. The minimum atomic E-state index is -0.929. The maximum absolute atomic E-state index is 9.15. The van der Waals surface area contributed by atoms with E-state index >= 15 is 0 Å². The summed E-state index contributed by atoms with van der Waals surface area (Å²) in [7, 11) is 0. The minimum Gasteiger partial charge on any atom is -0.385 e. The van der Waals surface area contributed by atoms with E-state index in [0.29, 0.717) is 0 Å². The molecule has 2 heteroatoms. The van der Waals surface area contributed by atoms with E-state index in [0.717, 1.165) is 0 Å². The quantitative estimate of drug-likeness (QED) is 0.449. The monoisotopic (exact) mass is 134 g/mol. The van der Waals surface area contributed by atoms with Crippen LogP contribution in [0.4, 0.5) is 0 Å². The zero-order valence-electron chi connectivity index (χ0n) is 5.19. The molecule has 0 aromatic carbocycles. The van der Waals surface area contributed by atoms with Gasteiger partial charge in [0.25, 0.3) is 0 Å².